The number of amides is 1. The second kappa shape index (κ2) is 7.08. The van der Waals surface area contributed by atoms with Crippen LogP contribution in [0.2, 0.25) is 0 Å². The molecule has 2 aromatic rings. The maximum absolute atomic E-state index is 12.4. The molecule has 1 aliphatic rings. The minimum absolute atomic E-state index is 0.0190. The zero-order chi connectivity index (χ0) is 16.1. The standard InChI is InChI=1S/C19H18N2O2/c22-18-9-13-21(14-10-18)19(23)17-5-3-15(4-6-17)1-2-16-7-11-20-12-8-16/h3-8,11-12,18,22H,9-10,13-14H2. The fraction of sp³-hybridized carbons (Fsp3) is 0.263. The molecule has 4 nitrogen and oxygen atoms in total. The van der Waals surface area contributed by atoms with Gasteiger partial charge in [0.25, 0.3) is 5.91 Å². The molecule has 3 rings (SSSR count). The SMILES string of the molecule is O=C(c1ccc(C#Cc2ccncc2)cc1)N1CCC(O)CC1. The molecular weight excluding hydrogens is 288 g/mol. The van der Waals surface area contributed by atoms with Gasteiger partial charge in [0.2, 0.25) is 0 Å². The predicted molar refractivity (Wildman–Crippen MR) is 87.8 cm³/mol. The molecule has 1 aromatic heterocycles. The molecule has 0 bridgehead atoms. The third-order valence-electron chi connectivity index (χ3n) is 3.92. The van der Waals surface area contributed by atoms with Crippen LogP contribution in [0.5, 0.6) is 0 Å². The normalized spacial score (nSPS) is 14.9. The fourth-order valence-corrected chi connectivity index (χ4v) is 2.53. The predicted octanol–water partition coefficient (Wildman–Crippen LogP) is 2.08. The molecule has 116 valence electrons. The molecule has 1 fully saturated rings. The Morgan fingerprint density at radius 1 is 1.00 bits per heavy atom. The number of hydrogen-bond acceptors (Lipinski definition) is 3. The van der Waals surface area contributed by atoms with Crippen LogP contribution in [0.4, 0.5) is 0 Å². The number of carbonyl (C=O) groups is 1. The van der Waals surface area contributed by atoms with E-state index in [9.17, 15) is 9.90 Å². The third kappa shape index (κ3) is 3.97. The van der Waals surface area contributed by atoms with Crippen LogP contribution in [0.1, 0.15) is 34.3 Å². The van der Waals surface area contributed by atoms with Gasteiger partial charge < -0.3 is 10.0 Å². The largest absolute Gasteiger partial charge is 0.393 e. The van der Waals surface area contributed by atoms with Crippen molar-refractivity contribution in [1.29, 1.82) is 0 Å². The highest BCUT2D eigenvalue weighted by atomic mass is 16.3. The highest BCUT2D eigenvalue weighted by Gasteiger charge is 2.21. The molecule has 1 aromatic carbocycles. The lowest BCUT2D eigenvalue weighted by atomic mass is 10.1. The number of piperidine rings is 1. The zero-order valence-corrected chi connectivity index (χ0v) is 12.8. The molecule has 4 heteroatoms. The monoisotopic (exact) mass is 306 g/mol. The molecule has 0 radical (unpaired) electrons. The van der Waals surface area contributed by atoms with Gasteiger partial charge in [0.05, 0.1) is 6.10 Å². The van der Waals surface area contributed by atoms with Crippen molar-refractivity contribution in [2.24, 2.45) is 0 Å². The molecule has 0 aliphatic carbocycles. The zero-order valence-electron chi connectivity index (χ0n) is 12.8. The second-order valence-corrected chi connectivity index (χ2v) is 5.59. The summed E-state index contributed by atoms with van der Waals surface area (Å²) in [6, 6.07) is 11.1. The van der Waals surface area contributed by atoms with Crippen molar-refractivity contribution in [2.75, 3.05) is 13.1 Å². The van der Waals surface area contributed by atoms with E-state index in [1.165, 1.54) is 0 Å². The number of likely N-dealkylation sites (tertiary alicyclic amines) is 1. The molecule has 0 spiro atoms. The van der Waals surface area contributed by atoms with Crippen molar-refractivity contribution in [1.82, 2.24) is 9.88 Å². The molecule has 0 unspecified atom stereocenters. The number of aliphatic hydroxyl groups excluding tert-OH is 1. The first-order valence-corrected chi connectivity index (χ1v) is 7.72. The first-order chi connectivity index (χ1) is 11.2. The van der Waals surface area contributed by atoms with Crippen LogP contribution in [-0.2, 0) is 0 Å². The van der Waals surface area contributed by atoms with E-state index in [4.69, 9.17) is 0 Å². The first-order valence-electron chi connectivity index (χ1n) is 7.72. The number of nitrogens with zero attached hydrogens (tertiary/aromatic N) is 2. The van der Waals surface area contributed by atoms with E-state index in [0.29, 0.717) is 31.5 Å². The van der Waals surface area contributed by atoms with Gasteiger partial charge in [-0.25, -0.2) is 0 Å². The van der Waals surface area contributed by atoms with Gasteiger partial charge in [0.1, 0.15) is 0 Å². The van der Waals surface area contributed by atoms with E-state index < -0.39 is 0 Å². The van der Waals surface area contributed by atoms with Gasteiger partial charge in [-0.1, -0.05) is 11.8 Å². The smallest absolute Gasteiger partial charge is 0.253 e. The molecule has 23 heavy (non-hydrogen) atoms. The Labute approximate surface area is 135 Å². The summed E-state index contributed by atoms with van der Waals surface area (Å²) in [4.78, 5) is 18.1. The van der Waals surface area contributed by atoms with Gasteiger partial charge in [-0.3, -0.25) is 9.78 Å². The highest BCUT2D eigenvalue weighted by Crippen LogP contribution is 2.14. The summed E-state index contributed by atoms with van der Waals surface area (Å²) in [5, 5.41) is 9.51. The van der Waals surface area contributed by atoms with Gasteiger partial charge >= 0.3 is 0 Å². The number of hydrogen-bond donors (Lipinski definition) is 1. The van der Waals surface area contributed by atoms with Crippen molar-refractivity contribution in [3.8, 4) is 11.8 Å². The maximum Gasteiger partial charge on any atom is 0.253 e. The quantitative estimate of drug-likeness (QED) is 0.821. The Hall–Kier alpha value is -2.64. The number of benzene rings is 1. The summed E-state index contributed by atoms with van der Waals surface area (Å²) in [7, 11) is 0. The Bertz CT molecular complexity index is 721. The minimum Gasteiger partial charge on any atom is -0.393 e. The third-order valence-corrected chi connectivity index (χ3v) is 3.92. The first kappa shape index (κ1) is 15.3. The van der Waals surface area contributed by atoms with Gasteiger partial charge in [-0.05, 0) is 49.2 Å². The van der Waals surface area contributed by atoms with E-state index in [1.807, 2.05) is 36.4 Å². The maximum atomic E-state index is 12.4. The Balaban J connectivity index is 1.67. The fourth-order valence-electron chi connectivity index (χ4n) is 2.53. The van der Waals surface area contributed by atoms with Crippen molar-refractivity contribution < 1.29 is 9.90 Å². The van der Waals surface area contributed by atoms with E-state index >= 15 is 0 Å². The Morgan fingerprint density at radius 2 is 1.57 bits per heavy atom. The van der Waals surface area contributed by atoms with Crippen molar-refractivity contribution in [3.05, 3.63) is 65.5 Å². The van der Waals surface area contributed by atoms with Gasteiger partial charge in [0, 0.05) is 42.2 Å². The second-order valence-electron chi connectivity index (χ2n) is 5.59. The van der Waals surface area contributed by atoms with Crippen LogP contribution in [0, 0.1) is 11.8 Å². The van der Waals surface area contributed by atoms with Gasteiger partial charge in [0.15, 0.2) is 0 Å². The summed E-state index contributed by atoms with van der Waals surface area (Å²) < 4.78 is 0. The molecule has 1 N–H and O–H groups in total. The topological polar surface area (TPSA) is 53.4 Å². The van der Waals surface area contributed by atoms with E-state index in [2.05, 4.69) is 16.8 Å². The lowest BCUT2D eigenvalue weighted by molar-refractivity contribution is 0.0546. The van der Waals surface area contributed by atoms with Crippen molar-refractivity contribution in [2.45, 2.75) is 18.9 Å². The van der Waals surface area contributed by atoms with Crippen molar-refractivity contribution >= 4 is 5.91 Å². The molecule has 0 saturated carbocycles. The lowest BCUT2D eigenvalue weighted by Crippen LogP contribution is -2.40. The van der Waals surface area contributed by atoms with Crippen LogP contribution in [-0.4, -0.2) is 40.1 Å². The van der Waals surface area contributed by atoms with Crippen LogP contribution < -0.4 is 0 Å². The average molecular weight is 306 g/mol. The summed E-state index contributed by atoms with van der Waals surface area (Å²) in [5.41, 5.74) is 2.44. The van der Waals surface area contributed by atoms with Gasteiger partial charge in [-0.15, -0.1) is 0 Å². The van der Waals surface area contributed by atoms with Gasteiger partial charge in [-0.2, -0.15) is 0 Å². The number of carbonyl (C=O) groups excluding carboxylic acids is 1. The molecule has 1 aliphatic heterocycles. The van der Waals surface area contributed by atoms with Crippen LogP contribution >= 0.6 is 0 Å². The minimum atomic E-state index is -0.273. The van der Waals surface area contributed by atoms with E-state index in [1.54, 1.807) is 17.3 Å². The summed E-state index contributed by atoms with van der Waals surface area (Å²) >= 11 is 0. The summed E-state index contributed by atoms with van der Waals surface area (Å²) in [6.45, 7) is 1.23. The Kier molecular flexibility index (Phi) is 4.70. The number of aliphatic hydroxyl groups is 1. The highest BCUT2D eigenvalue weighted by molar-refractivity contribution is 5.94. The molecule has 0 atom stereocenters. The number of aromatic nitrogens is 1. The van der Waals surface area contributed by atoms with Crippen LogP contribution in [0.15, 0.2) is 48.8 Å². The number of rotatable bonds is 1. The average Bonchev–Trinajstić information content (AvgIpc) is 2.61. The van der Waals surface area contributed by atoms with Crippen LogP contribution in [0.3, 0.4) is 0 Å². The number of pyridine rings is 1. The van der Waals surface area contributed by atoms with Crippen LogP contribution in [0.25, 0.3) is 0 Å². The lowest BCUT2D eigenvalue weighted by Gasteiger charge is -2.29. The van der Waals surface area contributed by atoms with Crippen molar-refractivity contribution in [3.63, 3.8) is 0 Å². The molecule has 1 saturated heterocycles. The van der Waals surface area contributed by atoms with E-state index in [0.717, 1.165) is 11.1 Å². The molecular formula is C19H18N2O2. The molecule has 2 heterocycles. The van der Waals surface area contributed by atoms with E-state index in [-0.39, 0.29) is 12.0 Å². The summed E-state index contributed by atoms with van der Waals surface area (Å²) in [6.07, 6.45) is 4.45. The Morgan fingerprint density at radius 3 is 2.17 bits per heavy atom. The summed E-state index contributed by atoms with van der Waals surface area (Å²) in [5.74, 6) is 6.16. The molecule has 1 amide bonds.